The van der Waals surface area contributed by atoms with Gasteiger partial charge in [-0.25, -0.2) is 9.78 Å². The van der Waals surface area contributed by atoms with Crippen LogP contribution < -0.4 is 0 Å². The highest BCUT2D eigenvalue weighted by molar-refractivity contribution is 5.69. The van der Waals surface area contributed by atoms with Crippen LogP contribution in [0.5, 0.6) is 0 Å². The molecule has 0 bridgehead atoms. The van der Waals surface area contributed by atoms with E-state index in [9.17, 15) is 4.79 Å². The van der Waals surface area contributed by atoms with Crippen molar-refractivity contribution in [3.63, 3.8) is 0 Å². The van der Waals surface area contributed by atoms with E-state index in [1.54, 1.807) is 0 Å². The Morgan fingerprint density at radius 3 is 2.68 bits per heavy atom. The van der Waals surface area contributed by atoms with Crippen molar-refractivity contribution in [3.05, 3.63) is 48.0 Å². The Morgan fingerprint density at radius 1 is 1.13 bits per heavy atom. The largest absolute Gasteiger partial charge is 0.466 e. The van der Waals surface area contributed by atoms with Crippen molar-refractivity contribution >= 4 is 5.97 Å². The molecule has 172 valence electrons. The molecule has 3 rings (SSSR count). The number of unbranched alkanes of at least 4 members (excludes halogenated alkanes) is 6. The maximum absolute atomic E-state index is 12.2. The minimum absolute atomic E-state index is 0.133. The van der Waals surface area contributed by atoms with Crippen molar-refractivity contribution in [2.24, 2.45) is 0 Å². The van der Waals surface area contributed by atoms with Crippen molar-refractivity contribution in [1.82, 2.24) is 0 Å². The summed E-state index contributed by atoms with van der Waals surface area (Å²) >= 11 is 0. The topological polar surface area (TPSA) is 54.0 Å². The number of carbonyl (C=O) groups excluding carboxylic acids is 1. The number of ether oxygens (including phenoxy) is 2. The average Bonchev–Trinajstić information content (AvgIpc) is 2.75. The molecular formula is C26H38O5. The molecule has 0 saturated carbocycles. The summed E-state index contributed by atoms with van der Waals surface area (Å²) in [5.74, 6) is -0.926. The first-order chi connectivity index (χ1) is 15.0. The van der Waals surface area contributed by atoms with Gasteiger partial charge in [-0.15, -0.1) is 6.58 Å². The number of fused-ring (bicyclic) bond motifs is 3. The maximum atomic E-state index is 12.2. The van der Waals surface area contributed by atoms with Crippen LogP contribution >= 0.6 is 0 Å². The second kappa shape index (κ2) is 11.3. The Kier molecular flexibility index (Phi) is 8.70. The van der Waals surface area contributed by atoms with E-state index in [0.29, 0.717) is 19.4 Å². The van der Waals surface area contributed by atoms with E-state index >= 15 is 0 Å². The second-order valence-electron chi connectivity index (χ2n) is 9.18. The normalized spacial score (nSPS) is 24.1. The summed E-state index contributed by atoms with van der Waals surface area (Å²) in [4.78, 5) is 23.9. The van der Waals surface area contributed by atoms with Gasteiger partial charge in [0.25, 0.3) is 0 Å². The van der Waals surface area contributed by atoms with Gasteiger partial charge in [0.15, 0.2) is 11.4 Å². The van der Waals surface area contributed by atoms with Crippen molar-refractivity contribution in [1.29, 1.82) is 0 Å². The van der Waals surface area contributed by atoms with E-state index in [0.717, 1.165) is 37.7 Å². The molecule has 1 aliphatic heterocycles. The molecular weight excluding hydrogens is 392 g/mol. The molecule has 0 spiro atoms. The Morgan fingerprint density at radius 2 is 1.87 bits per heavy atom. The summed E-state index contributed by atoms with van der Waals surface area (Å²) in [5.41, 5.74) is 1.58. The van der Waals surface area contributed by atoms with Crippen LogP contribution in [-0.2, 0) is 36.1 Å². The molecule has 0 amide bonds. The van der Waals surface area contributed by atoms with Gasteiger partial charge in [-0.2, -0.15) is 0 Å². The molecule has 1 fully saturated rings. The first-order valence-corrected chi connectivity index (χ1v) is 11.9. The van der Waals surface area contributed by atoms with Crippen molar-refractivity contribution < 1.29 is 24.0 Å². The molecule has 0 radical (unpaired) electrons. The molecule has 0 N–H and O–H groups in total. The molecule has 0 aromatic heterocycles. The second-order valence-corrected chi connectivity index (χ2v) is 9.18. The van der Waals surface area contributed by atoms with Crippen LogP contribution in [0, 0.1) is 0 Å². The molecule has 2 aliphatic rings. The lowest BCUT2D eigenvalue weighted by Gasteiger charge is -2.50. The number of carbonyl (C=O) groups is 1. The molecule has 5 nitrogen and oxygen atoms in total. The van der Waals surface area contributed by atoms with Crippen molar-refractivity contribution in [3.8, 4) is 0 Å². The zero-order chi connectivity index (χ0) is 22.2. The van der Waals surface area contributed by atoms with E-state index in [4.69, 9.17) is 19.2 Å². The van der Waals surface area contributed by atoms with Crippen molar-refractivity contribution in [2.75, 3.05) is 6.61 Å². The average molecular weight is 431 g/mol. The fraction of sp³-hybridized carbons (Fsp3) is 0.654. The smallest absolute Gasteiger partial charge is 0.305 e. The number of allylic oxidation sites excluding steroid dienone is 1. The first kappa shape index (κ1) is 24.0. The third-order valence-corrected chi connectivity index (χ3v) is 6.26. The zero-order valence-electron chi connectivity index (χ0n) is 19.2. The summed E-state index contributed by atoms with van der Waals surface area (Å²) in [6, 6.07) is 8.25. The molecule has 1 aliphatic carbocycles. The minimum Gasteiger partial charge on any atom is -0.466 e. The molecule has 1 aromatic rings. The van der Waals surface area contributed by atoms with Gasteiger partial charge in [0.1, 0.15) is 0 Å². The van der Waals surface area contributed by atoms with Crippen LogP contribution in [0.2, 0.25) is 0 Å². The Balaban J connectivity index is 1.47. The summed E-state index contributed by atoms with van der Waals surface area (Å²) < 4.78 is 11.8. The van der Waals surface area contributed by atoms with Crippen LogP contribution in [0.25, 0.3) is 0 Å². The molecule has 1 aromatic carbocycles. The zero-order valence-corrected chi connectivity index (χ0v) is 19.2. The van der Waals surface area contributed by atoms with Gasteiger partial charge >= 0.3 is 5.97 Å². The first-order valence-electron chi connectivity index (χ1n) is 11.9. The van der Waals surface area contributed by atoms with Crippen LogP contribution in [0.1, 0.15) is 89.2 Å². The number of rotatable bonds is 12. The van der Waals surface area contributed by atoms with Gasteiger partial charge in [-0.05, 0) is 57.1 Å². The molecule has 1 heterocycles. The third kappa shape index (κ3) is 6.41. The van der Waals surface area contributed by atoms with E-state index in [-0.39, 0.29) is 12.1 Å². The molecule has 1 saturated heterocycles. The molecule has 31 heavy (non-hydrogen) atoms. The SMILES string of the molecule is C=CCCCCCCCCC(=O)OCC[C@@]12OOC(C)(C)O[C@@H]1CCc1ccccc12. The highest BCUT2D eigenvalue weighted by Crippen LogP contribution is 2.47. The van der Waals surface area contributed by atoms with E-state index < -0.39 is 11.4 Å². The summed E-state index contributed by atoms with van der Waals surface area (Å²) in [6.07, 6.45) is 12.5. The van der Waals surface area contributed by atoms with E-state index in [1.807, 2.05) is 32.1 Å². The summed E-state index contributed by atoms with van der Waals surface area (Å²) in [6.45, 7) is 7.75. The molecule has 5 heteroatoms. The predicted molar refractivity (Wildman–Crippen MR) is 120 cm³/mol. The lowest BCUT2D eigenvalue weighted by molar-refractivity contribution is -0.528. The van der Waals surface area contributed by atoms with Crippen LogP contribution in [0.3, 0.4) is 0 Å². The van der Waals surface area contributed by atoms with Gasteiger partial charge in [-0.1, -0.05) is 56.0 Å². The van der Waals surface area contributed by atoms with Crippen LogP contribution in [-0.4, -0.2) is 24.5 Å². The molecule has 2 atom stereocenters. The van der Waals surface area contributed by atoms with Crippen LogP contribution in [0.4, 0.5) is 0 Å². The quantitative estimate of drug-likeness (QED) is 0.172. The Labute approximate surface area is 187 Å². The van der Waals surface area contributed by atoms with Gasteiger partial charge in [0.05, 0.1) is 12.7 Å². The fourth-order valence-corrected chi connectivity index (χ4v) is 4.63. The lowest BCUT2D eigenvalue weighted by Crippen LogP contribution is -2.56. The minimum atomic E-state index is -0.789. The van der Waals surface area contributed by atoms with Gasteiger partial charge in [0, 0.05) is 12.8 Å². The highest BCUT2D eigenvalue weighted by atomic mass is 17.2. The van der Waals surface area contributed by atoms with Gasteiger partial charge in [0.2, 0.25) is 0 Å². The number of esters is 1. The number of benzene rings is 1. The van der Waals surface area contributed by atoms with E-state index in [1.165, 1.54) is 31.2 Å². The third-order valence-electron chi connectivity index (χ3n) is 6.26. The van der Waals surface area contributed by atoms with Gasteiger partial charge < -0.3 is 9.47 Å². The molecule has 0 unspecified atom stereocenters. The number of hydrogen-bond acceptors (Lipinski definition) is 5. The number of aryl methyl sites for hydroxylation is 1. The highest BCUT2D eigenvalue weighted by Gasteiger charge is 2.53. The monoisotopic (exact) mass is 430 g/mol. The van der Waals surface area contributed by atoms with Crippen molar-refractivity contribution in [2.45, 2.75) is 102 Å². The fourth-order valence-electron chi connectivity index (χ4n) is 4.63. The van der Waals surface area contributed by atoms with Gasteiger partial charge in [-0.3, -0.25) is 4.79 Å². The van der Waals surface area contributed by atoms with Crippen LogP contribution in [0.15, 0.2) is 36.9 Å². The summed E-state index contributed by atoms with van der Waals surface area (Å²) in [7, 11) is 0. The predicted octanol–water partition coefficient (Wildman–Crippen LogP) is 6.15. The van der Waals surface area contributed by atoms with E-state index in [2.05, 4.69) is 18.7 Å². The Bertz CT molecular complexity index is 728. The standard InChI is InChI=1S/C26H38O5/c1-4-5-6-7-8-9-10-11-16-24(27)28-20-19-26-22-15-13-12-14-21(22)17-18-23(26)29-25(2,3)30-31-26/h4,12-15,23H,1,5-11,16-20H2,2-3H3/t23-,26+/m1/s1. The Hall–Kier alpha value is -1.69. The number of hydrogen-bond donors (Lipinski definition) is 0. The maximum Gasteiger partial charge on any atom is 0.305 e. The summed E-state index contributed by atoms with van der Waals surface area (Å²) in [5, 5.41) is 0. The lowest BCUT2D eigenvalue weighted by atomic mass is 9.75.